The first-order valence-electron chi connectivity index (χ1n) is 7.46. The lowest BCUT2D eigenvalue weighted by atomic mass is 10.2. The van der Waals surface area contributed by atoms with E-state index in [9.17, 15) is 9.90 Å². The van der Waals surface area contributed by atoms with E-state index < -0.39 is 12.1 Å². The first kappa shape index (κ1) is 17.4. The number of rotatable bonds is 6. The van der Waals surface area contributed by atoms with Gasteiger partial charge in [-0.05, 0) is 44.2 Å². The summed E-state index contributed by atoms with van der Waals surface area (Å²) < 4.78 is 10.7. The number of aliphatic hydroxyl groups excluding tert-OH is 1. The molecule has 2 rings (SSSR count). The number of furan rings is 1. The summed E-state index contributed by atoms with van der Waals surface area (Å²) in [5.74, 6) is 0.830. The van der Waals surface area contributed by atoms with E-state index in [0.717, 1.165) is 0 Å². The average molecular weight is 329 g/mol. The van der Waals surface area contributed by atoms with E-state index in [1.54, 1.807) is 24.3 Å². The number of hydrogen-bond donors (Lipinski definition) is 3. The third-order valence-corrected chi connectivity index (χ3v) is 3.05. The van der Waals surface area contributed by atoms with Gasteiger partial charge in [-0.25, -0.2) is 4.79 Å². The van der Waals surface area contributed by atoms with Crippen LogP contribution in [0.4, 0.5) is 10.5 Å². The van der Waals surface area contributed by atoms with E-state index in [4.69, 9.17) is 14.4 Å². The molecule has 3 N–H and O–H groups in total. The van der Waals surface area contributed by atoms with Crippen LogP contribution in [0.15, 0.2) is 41.0 Å². The third kappa shape index (κ3) is 4.76. The Morgan fingerprint density at radius 3 is 2.83 bits per heavy atom. The monoisotopic (exact) mass is 329 g/mol. The Hall–Kier alpha value is -2.98. The van der Waals surface area contributed by atoms with Crippen LogP contribution in [-0.2, 0) is 0 Å². The quantitative estimate of drug-likeness (QED) is 0.755. The summed E-state index contributed by atoms with van der Waals surface area (Å²) in [5, 5.41) is 24.0. The summed E-state index contributed by atoms with van der Waals surface area (Å²) in [6.45, 7) is 3.71. The fraction of sp³-hybridized carbons (Fsp3) is 0.294. The Morgan fingerprint density at radius 1 is 1.42 bits per heavy atom. The zero-order valence-corrected chi connectivity index (χ0v) is 13.4. The smallest absolute Gasteiger partial charge is 0.319 e. The van der Waals surface area contributed by atoms with Crippen LogP contribution in [0.2, 0.25) is 0 Å². The third-order valence-electron chi connectivity index (χ3n) is 3.05. The Bertz CT molecular complexity index is 720. The molecule has 1 aromatic heterocycles. The van der Waals surface area contributed by atoms with E-state index in [1.165, 1.54) is 12.3 Å². The Balaban J connectivity index is 2.00. The summed E-state index contributed by atoms with van der Waals surface area (Å²) in [4.78, 5) is 12.0. The van der Waals surface area contributed by atoms with Gasteiger partial charge in [-0.1, -0.05) is 0 Å². The van der Waals surface area contributed by atoms with Crippen molar-refractivity contribution in [3.8, 4) is 11.8 Å². The van der Waals surface area contributed by atoms with Crippen LogP contribution in [0.3, 0.4) is 0 Å². The molecule has 0 saturated carbocycles. The van der Waals surface area contributed by atoms with Crippen molar-refractivity contribution in [2.45, 2.75) is 26.1 Å². The van der Waals surface area contributed by atoms with Crippen molar-refractivity contribution in [1.29, 1.82) is 5.26 Å². The predicted molar refractivity (Wildman–Crippen MR) is 87.6 cm³/mol. The molecule has 24 heavy (non-hydrogen) atoms. The number of anilines is 1. The maximum Gasteiger partial charge on any atom is 0.319 e. The molecule has 2 amide bonds. The Labute approximate surface area is 139 Å². The van der Waals surface area contributed by atoms with E-state index in [2.05, 4.69) is 10.6 Å². The number of benzene rings is 1. The number of carbonyl (C=O) groups is 1. The maximum absolute atomic E-state index is 12.0. The average Bonchev–Trinajstić information content (AvgIpc) is 3.08. The van der Waals surface area contributed by atoms with Gasteiger partial charge in [-0.15, -0.1) is 0 Å². The number of hydrogen-bond acceptors (Lipinski definition) is 5. The zero-order valence-electron chi connectivity index (χ0n) is 13.4. The molecule has 1 atom stereocenters. The van der Waals surface area contributed by atoms with Crippen molar-refractivity contribution >= 4 is 11.7 Å². The van der Waals surface area contributed by atoms with Gasteiger partial charge in [0.25, 0.3) is 0 Å². The first-order valence-corrected chi connectivity index (χ1v) is 7.46. The Morgan fingerprint density at radius 2 is 2.21 bits per heavy atom. The maximum atomic E-state index is 12.0. The molecule has 0 radical (unpaired) electrons. The van der Waals surface area contributed by atoms with Crippen molar-refractivity contribution in [3.63, 3.8) is 0 Å². The molecular weight excluding hydrogens is 310 g/mol. The molecule has 7 heteroatoms. The van der Waals surface area contributed by atoms with Gasteiger partial charge in [0, 0.05) is 0 Å². The van der Waals surface area contributed by atoms with E-state index in [-0.39, 0.29) is 12.6 Å². The fourth-order valence-corrected chi connectivity index (χ4v) is 1.99. The molecule has 0 spiro atoms. The minimum Gasteiger partial charge on any atom is -0.489 e. The van der Waals surface area contributed by atoms with Crippen molar-refractivity contribution in [1.82, 2.24) is 5.32 Å². The number of amides is 2. The van der Waals surface area contributed by atoms with Gasteiger partial charge >= 0.3 is 6.03 Å². The highest BCUT2D eigenvalue weighted by molar-refractivity contribution is 5.91. The topological polar surface area (TPSA) is 108 Å². The van der Waals surface area contributed by atoms with Crippen LogP contribution in [0, 0.1) is 11.3 Å². The summed E-state index contributed by atoms with van der Waals surface area (Å²) in [5.41, 5.74) is 0.782. The van der Waals surface area contributed by atoms with E-state index >= 15 is 0 Å². The van der Waals surface area contributed by atoms with Gasteiger partial charge in [0.05, 0.1) is 36.2 Å². The van der Waals surface area contributed by atoms with Crippen LogP contribution in [-0.4, -0.2) is 23.8 Å². The number of nitrogens with zero attached hydrogens (tertiary/aromatic N) is 1. The predicted octanol–water partition coefficient (Wildman–Crippen LogP) is 2.79. The molecular formula is C17H19N3O4. The molecule has 1 aromatic carbocycles. The number of ether oxygens (including phenoxy) is 1. The number of aliphatic hydroxyl groups is 1. The molecule has 126 valence electrons. The second-order valence-corrected chi connectivity index (χ2v) is 5.36. The molecule has 0 aliphatic rings. The van der Waals surface area contributed by atoms with Crippen LogP contribution >= 0.6 is 0 Å². The largest absolute Gasteiger partial charge is 0.489 e. The van der Waals surface area contributed by atoms with Gasteiger partial charge in [-0.2, -0.15) is 5.26 Å². The lowest BCUT2D eigenvalue weighted by molar-refractivity contribution is 0.149. The van der Waals surface area contributed by atoms with E-state index in [0.29, 0.717) is 22.8 Å². The minimum atomic E-state index is -0.942. The highest BCUT2D eigenvalue weighted by Crippen LogP contribution is 2.26. The summed E-state index contributed by atoms with van der Waals surface area (Å²) in [7, 11) is 0. The lowest BCUT2D eigenvalue weighted by Crippen LogP contribution is -2.32. The summed E-state index contributed by atoms with van der Waals surface area (Å²) in [6.07, 6.45) is 0.423. The molecule has 7 nitrogen and oxygen atoms in total. The van der Waals surface area contributed by atoms with Crippen LogP contribution in [0.1, 0.15) is 31.3 Å². The molecule has 2 aromatic rings. The van der Waals surface area contributed by atoms with Gasteiger partial charge < -0.3 is 24.9 Å². The molecule has 0 aliphatic heterocycles. The highest BCUT2D eigenvalue weighted by atomic mass is 16.5. The number of nitrogens with one attached hydrogen (secondary N) is 2. The highest BCUT2D eigenvalue weighted by Gasteiger charge is 2.14. The molecule has 0 aliphatic carbocycles. The lowest BCUT2D eigenvalue weighted by Gasteiger charge is -2.16. The number of nitriles is 1. The van der Waals surface area contributed by atoms with Crippen LogP contribution < -0.4 is 15.4 Å². The zero-order chi connectivity index (χ0) is 17.5. The normalized spacial score (nSPS) is 11.6. The van der Waals surface area contributed by atoms with Crippen molar-refractivity contribution in [2.75, 3.05) is 11.9 Å². The van der Waals surface area contributed by atoms with Crippen LogP contribution in [0.5, 0.6) is 5.75 Å². The van der Waals surface area contributed by atoms with Gasteiger partial charge in [-0.3, -0.25) is 0 Å². The molecule has 1 heterocycles. The van der Waals surface area contributed by atoms with E-state index in [1.807, 2.05) is 19.9 Å². The molecule has 1 unspecified atom stereocenters. The van der Waals surface area contributed by atoms with Gasteiger partial charge in [0.2, 0.25) is 0 Å². The van der Waals surface area contributed by atoms with Gasteiger partial charge in [0.15, 0.2) is 0 Å². The van der Waals surface area contributed by atoms with Crippen molar-refractivity contribution in [3.05, 3.63) is 47.9 Å². The molecule has 0 saturated heterocycles. The fourth-order valence-electron chi connectivity index (χ4n) is 1.99. The second kappa shape index (κ2) is 8.04. The van der Waals surface area contributed by atoms with Gasteiger partial charge in [0.1, 0.15) is 17.6 Å². The Kier molecular flexibility index (Phi) is 5.82. The molecule has 0 fully saturated rings. The van der Waals surface area contributed by atoms with Crippen molar-refractivity contribution in [2.24, 2.45) is 0 Å². The first-order chi connectivity index (χ1) is 11.5. The standard InChI is InChI=1S/C17H19N3O4/c1-11(2)24-15-6-5-12(9-18)8-13(15)20-17(22)19-10-14(21)16-4-3-7-23-16/h3-8,11,14,21H,10H2,1-2H3,(H2,19,20,22). The SMILES string of the molecule is CC(C)Oc1ccc(C#N)cc1NC(=O)NCC(O)c1ccco1. The van der Waals surface area contributed by atoms with Crippen LogP contribution in [0.25, 0.3) is 0 Å². The van der Waals surface area contributed by atoms with Crippen molar-refractivity contribution < 1.29 is 19.1 Å². The second-order valence-electron chi connectivity index (χ2n) is 5.36. The summed E-state index contributed by atoms with van der Waals surface area (Å²) in [6, 6.07) is 9.53. The number of carbonyl (C=O) groups excluding carboxylic acids is 1. The molecule has 0 bridgehead atoms. The minimum absolute atomic E-state index is 0.0162. The number of urea groups is 1. The summed E-state index contributed by atoms with van der Waals surface area (Å²) >= 11 is 0.